The van der Waals surface area contributed by atoms with Crippen LogP contribution in [0.2, 0.25) is 12.0 Å². The number of carbonyl (C=O) groups is 4. The van der Waals surface area contributed by atoms with Gasteiger partial charge in [0.1, 0.15) is 51.9 Å². The van der Waals surface area contributed by atoms with Crippen molar-refractivity contribution in [1.82, 2.24) is 24.7 Å². The van der Waals surface area contributed by atoms with Crippen LogP contribution >= 0.6 is 11.6 Å². The van der Waals surface area contributed by atoms with Gasteiger partial charge in [0.05, 0.1) is 41.1 Å². The smallest absolute Gasteiger partial charge is 0.411 e. The number of aromatic amines is 1. The fraction of sp³-hybridized carbons (Fsp3) is 0.304. The second-order valence-corrected chi connectivity index (χ2v) is 19.0. The van der Waals surface area contributed by atoms with Crippen molar-refractivity contribution in [2.24, 2.45) is 0 Å². The summed E-state index contributed by atoms with van der Waals surface area (Å²) < 4.78 is 31.7. The van der Waals surface area contributed by atoms with Gasteiger partial charge < -0.3 is 63.7 Å². The number of aliphatic carboxylic acids is 3. The van der Waals surface area contributed by atoms with Crippen LogP contribution in [0.4, 0.5) is 4.79 Å². The number of carbonyl (C=O) groups excluding carboxylic acids is 1. The molecule has 3 aromatic heterocycles. The number of methoxy groups -OCH3 is 4. The molecule has 79 heavy (non-hydrogen) atoms. The monoisotopic (exact) mass is 1110 g/mol. The van der Waals surface area contributed by atoms with E-state index in [-0.39, 0.29) is 31.5 Å². The number of hydrogen-bond acceptors (Lipinski definition) is 16. The number of β-amino-alcohol motifs (C(OH)–C–C–N with tert-alkyl or cyclic N) is 1. The number of halogens is 1. The first-order valence-electron chi connectivity index (χ1n) is 24.5. The van der Waals surface area contributed by atoms with Crippen LogP contribution in [0.1, 0.15) is 39.2 Å². The lowest BCUT2D eigenvalue weighted by molar-refractivity contribution is -0.142. The lowest BCUT2D eigenvalue weighted by Gasteiger charge is -2.26. The number of aromatic nitrogens is 3. The minimum absolute atomic E-state index is 0.0693. The number of amides is 1. The van der Waals surface area contributed by atoms with Crippen LogP contribution in [0.15, 0.2) is 127 Å². The number of H-pyrrole nitrogens is 1. The third-order valence-corrected chi connectivity index (χ3v) is 12.2. The molecule has 0 unspecified atom stereocenters. The molecule has 23 heteroatoms. The molecule has 0 bridgehead atoms. The highest BCUT2D eigenvalue weighted by molar-refractivity contribution is 6.45. The molecular weight excluding hydrogens is 1040 g/mol. The molecule has 4 aromatic carbocycles. The topological polar surface area (TPSA) is 290 Å². The summed E-state index contributed by atoms with van der Waals surface area (Å²) in [6, 6.07) is 27.6. The van der Waals surface area contributed by atoms with Crippen molar-refractivity contribution in [2.45, 2.75) is 70.3 Å². The molecule has 0 saturated carbocycles. The van der Waals surface area contributed by atoms with Crippen molar-refractivity contribution in [1.29, 1.82) is 0 Å². The first kappa shape index (κ1) is 61.4. The van der Waals surface area contributed by atoms with Crippen LogP contribution in [-0.2, 0) is 19.1 Å². The van der Waals surface area contributed by atoms with E-state index in [1.54, 1.807) is 104 Å². The summed E-state index contributed by atoms with van der Waals surface area (Å²) >= 11 is 5.90. The lowest BCUT2D eigenvalue weighted by Crippen LogP contribution is -2.44. The summed E-state index contributed by atoms with van der Waals surface area (Å²) in [7, 11) is 5.59. The van der Waals surface area contributed by atoms with Gasteiger partial charge in [0.15, 0.2) is 0 Å². The fourth-order valence-corrected chi connectivity index (χ4v) is 8.32. The fourth-order valence-electron chi connectivity index (χ4n) is 8.10. The molecule has 6 N–H and O–H groups in total. The number of carboxylic acids is 3. The lowest BCUT2D eigenvalue weighted by atomic mass is 9.84. The van der Waals surface area contributed by atoms with Crippen LogP contribution < -0.4 is 29.2 Å². The minimum Gasteiger partial charge on any atom is -0.497 e. The molecule has 4 atom stereocenters. The number of likely N-dealkylation sites (tertiary alicyclic amines) is 1. The predicted molar refractivity (Wildman–Crippen MR) is 298 cm³/mol. The van der Waals surface area contributed by atoms with E-state index in [1.165, 1.54) is 22.6 Å². The van der Waals surface area contributed by atoms with Crippen LogP contribution in [0.5, 0.6) is 28.9 Å². The van der Waals surface area contributed by atoms with E-state index in [1.807, 2.05) is 60.7 Å². The van der Waals surface area contributed by atoms with E-state index in [4.69, 9.17) is 60.4 Å². The number of hydrogen-bond donors (Lipinski definition) is 6. The Morgan fingerprint density at radius 3 is 1.80 bits per heavy atom. The molecule has 5 heterocycles. The van der Waals surface area contributed by atoms with Crippen molar-refractivity contribution in [3.63, 3.8) is 0 Å². The van der Waals surface area contributed by atoms with Gasteiger partial charge >= 0.3 is 31.1 Å². The molecule has 0 radical (unpaired) electrons. The number of rotatable bonds is 11. The third-order valence-electron chi connectivity index (χ3n) is 11.9. The molecule has 9 rings (SSSR count). The normalized spacial score (nSPS) is 16.6. The quantitative estimate of drug-likeness (QED) is 0.0407. The molecule has 2 aliphatic heterocycles. The molecule has 21 nitrogen and oxygen atoms in total. The Kier molecular flexibility index (Phi) is 22.4. The Morgan fingerprint density at radius 2 is 1.25 bits per heavy atom. The second-order valence-electron chi connectivity index (χ2n) is 18.6. The highest BCUT2D eigenvalue weighted by Crippen LogP contribution is 2.31. The maximum absolute atomic E-state index is 12.4. The maximum Gasteiger partial charge on any atom is 0.411 e. The highest BCUT2D eigenvalue weighted by atomic mass is 35.5. The van der Waals surface area contributed by atoms with Crippen molar-refractivity contribution < 1.29 is 73.0 Å². The molecule has 418 valence electrons. The van der Waals surface area contributed by atoms with Gasteiger partial charge in [-0.05, 0) is 147 Å². The van der Waals surface area contributed by atoms with Gasteiger partial charge in [0.25, 0.3) is 5.56 Å². The maximum atomic E-state index is 12.4. The largest absolute Gasteiger partial charge is 0.497 e. The Bertz CT molecular complexity index is 3300. The Hall–Kier alpha value is -8.44. The zero-order valence-electron chi connectivity index (χ0n) is 44.7. The Labute approximate surface area is 460 Å². The second kappa shape index (κ2) is 28.8. The van der Waals surface area contributed by atoms with Gasteiger partial charge in [-0.3, -0.25) is 14.5 Å². The molecule has 2 fully saturated rings. The molecule has 0 aliphatic carbocycles. The molecule has 2 aliphatic rings. The van der Waals surface area contributed by atoms with Crippen molar-refractivity contribution in [3.8, 4) is 28.9 Å². The Morgan fingerprint density at radius 1 is 0.709 bits per heavy atom. The van der Waals surface area contributed by atoms with E-state index in [9.17, 15) is 29.1 Å². The number of nitrogens with zero attached hydrogens (tertiary/aromatic N) is 4. The van der Waals surface area contributed by atoms with Gasteiger partial charge in [0.2, 0.25) is 5.88 Å². The van der Waals surface area contributed by atoms with Crippen molar-refractivity contribution >= 4 is 81.0 Å². The first-order chi connectivity index (χ1) is 37.5. The first-order valence-corrected chi connectivity index (χ1v) is 24.9. The average Bonchev–Trinajstić information content (AvgIpc) is 4.13. The predicted octanol–water partition coefficient (Wildman–Crippen LogP) is 7.93. The summed E-state index contributed by atoms with van der Waals surface area (Å²) in [5, 5.41) is 50.6. The third kappa shape index (κ3) is 18.1. The van der Waals surface area contributed by atoms with Crippen LogP contribution in [0.3, 0.4) is 0 Å². The van der Waals surface area contributed by atoms with Gasteiger partial charge in [0, 0.05) is 53.8 Å². The number of carboxylic acid groups (broad SMARTS) is 3. The standard InChI is InChI=1S/C20H24N2O6.C10H8ClNO.C10H9NO2.C10H10O3.C6H12BNO4/c1-20(2,3)28-19(25)22-11-14(10-16(22)18(23)24)27-17-15-6-5-13(26-4)9-12(15)7-8-21-17;1-13-8-2-3-9-7(6-8)4-5-12-10(9)11;1-13-8-2-3-9-7(6-8)4-5-11-10(9)12;1-13-9-4-2-3-8(7-9)5-6-10(11)12;1-7(12)8-3-4(9)2-5(8)6(10)11/h5-9,14,16H,10-11H2,1-4H3,(H,23,24);2-6H,1H3;2-6H,1H3,(H,11,12);2-7H,1H3,(H,11,12);4-5,9,12H,2-3H2,1H3,(H,10,11)/b;;;6-5+;/t14-,16+;;;;4-,5+/m1...1/s1. The number of benzene rings is 4. The SMILES string of the molecule is CB(O)N1C[C@H](O)C[C@H]1C(=O)O.COc1ccc2c(=O)[nH]ccc2c1.COc1ccc2c(Cl)nccc2c1.COc1ccc2c(O[C@@H]3C[C@@H](C(=O)O)N(C(=O)OC(C)(C)C)C3)nccc2c1.COc1cccc(/C=C/C(=O)O)c1. The summed E-state index contributed by atoms with van der Waals surface area (Å²) in [6.45, 7) is 7.04. The molecule has 0 spiro atoms. The van der Waals surface area contributed by atoms with E-state index in [0.29, 0.717) is 27.9 Å². The van der Waals surface area contributed by atoms with Crippen LogP contribution in [0.25, 0.3) is 38.4 Å². The van der Waals surface area contributed by atoms with Gasteiger partial charge in [-0.25, -0.2) is 24.4 Å². The summed E-state index contributed by atoms with van der Waals surface area (Å²) in [4.78, 5) is 69.6. The number of ether oxygens (including phenoxy) is 6. The van der Waals surface area contributed by atoms with Gasteiger partial charge in [-0.2, -0.15) is 0 Å². The van der Waals surface area contributed by atoms with E-state index in [0.717, 1.165) is 50.1 Å². The van der Waals surface area contributed by atoms with E-state index in [2.05, 4.69) is 15.0 Å². The number of pyridine rings is 3. The average molecular weight is 1110 g/mol. The number of nitrogens with one attached hydrogen (secondary N) is 1. The van der Waals surface area contributed by atoms with Crippen LogP contribution in [0, 0.1) is 0 Å². The molecule has 1 amide bonds. The summed E-state index contributed by atoms with van der Waals surface area (Å²) in [5.74, 6) is 0.371. The Balaban J connectivity index is 0.000000192. The zero-order valence-corrected chi connectivity index (χ0v) is 45.5. The van der Waals surface area contributed by atoms with Crippen LogP contribution in [-0.4, -0.2) is 153 Å². The van der Waals surface area contributed by atoms with E-state index >= 15 is 0 Å². The number of fused-ring (bicyclic) bond motifs is 3. The number of aliphatic hydroxyl groups is 1. The summed E-state index contributed by atoms with van der Waals surface area (Å²) in [6.07, 6.45) is 6.08. The summed E-state index contributed by atoms with van der Waals surface area (Å²) in [5.41, 5.74) is 0.0249. The molecule has 2 saturated heterocycles. The van der Waals surface area contributed by atoms with Gasteiger partial charge in [-0.1, -0.05) is 23.7 Å². The van der Waals surface area contributed by atoms with Crippen molar-refractivity contribution in [2.75, 3.05) is 41.5 Å². The zero-order chi connectivity index (χ0) is 58.0. The molecular formula is C56H63BClN5O16. The van der Waals surface area contributed by atoms with E-state index < -0.39 is 60.9 Å². The van der Waals surface area contributed by atoms with Gasteiger partial charge in [-0.15, -0.1) is 0 Å². The molecule has 7 aromatic rings. The van der Waals surface area contributed by atoms with Crippen molar-refractivity contribution in [3.05, 3.63) is 143 Å². The number of aliphatic hydroxyl groups excluding tert-OH is 1. The minimum atomic E-state index is -1.09. The highest BCUT2D eigenvalue weighted by Gasteiger charge is 2.43.